The molecule has 0 atom stereocenters. The Bertz CT molecular complexity index is 488. The average molecular weight is 323 g/mol. The molecule has 2 rings (SSSR count). The average Bonchev–Trinajstić information content (AvgIpc) is 2.45. The summed E-state index contributed by atoms with van der Waals surface area (Å²) in [6.07, 6.45) is 1.84. The number of carbonyl (C=O) groups is 1. The number of likely N-dealkylation sites (tertiary alicyclic amines) is 1. The monoisotopic (exact) mass is 323 g/mol. The zero-order valence-corrected chi connectivity index (χ0v) is 14.4. The first kappa shape index (κ1) is 17.0. The Kier molecular flexibility index (Phi) is 5.62. The van der Waals surface area contributed by atoms with Gasteiger partial charge in [0, 0.05) is 23.7 Å². The number of hydrogen-bond donors (Lipinski definition) is 1. The predicted molar refractivity (Wildman–Crippen MR) is 89.4 cm³/mol. The third-order valence-electron chi connectivity index (χ3n) is 3.59. The Morgan fingerprint density at radius 2 is 1.86 bits per heavy atom. The maximum Gasteiger partial charge on any atom is 0.410 e. The highest BCUT2D eigenvalue weighted by atomic mass is 32.2. The minimum absolute atomic E-state index is 0.197. The van der Waals surface area contributed by atoms with Crippen LogP contribution >= 0.6 is 11.8 Å². The van der Waals surface area contributed by atoms with E-state index in [9.17, 15) is 9.90 Å². The highest BCUT2D eigenvalue weighted by Crippen LogP contribution is 2.28. The molecule has 1 aromatic rings. The summed E-state index contributed by atoms with van der Waals surface area (Å²) in [5, 5.41) is 9.28. The molecule has 0 aliphatic carbocycles. The molecule has 4 nitrogen and oxygen atoms in total. The largest absolute Gasteiger partial charge is 0.508 e. The van der Waals surface area contributed by atoms with Crippen LogP contribution in [0.25, 0.3) is 0 Å². The number of benzene rings is 1. The summed E-state index contributed by atoms with van der Waals surface area (Å²) in [4.78, 5) is 15.0. The second kappa shape index (κ2) is 7.27. The van der Waals surface area contributed by atoms with Crippen LogP contribution in [-0.4, -0.2) is 40.5 Å². The lowest BCUT2D eigenvalue weighted by Crippen LogP contribution is -2.42. The highest BCUT2D eigenvalue weighted by Gasteiger charge is 2.26. The van der Waals surface area contributed by atoms with Crippen molar-refractivity contribution >= 4 is 17.9 Å². The summed E-state index contributed by atoms with van der Waals surface area (Å²) >= 11 is 1.81. The van der Waals surface area contributed by atoms with E-state index in [4.69, 9.17) is 4.74 Å². The van der Waals surface area contributed by atoms with Crippen molar-refractivity contribution in [2.24, 2.45) is 5.92 Å². The Hall–Kier alpha value is -1.36. The molecule has 0 spiro atoms. The van der Waals surface area contributed by atoms with Gasteiger partial charge in [0.05, 0.1) is 0 Å². The van der Waals surface area contributed by atoms with Crippen LogP contribution in [0.15, 0.2) is 29.2 Å². The number of phenols is 1. The first-order chi connectivity index (χ1) is 10.3. The second-order valence-electron chi connectivity index (χ2n) is 6.72. The molecule has 1 aliphatic rings. The fraction of sp³-hybridized carbons (Fsp3) is 0.588. The third-order valence-corrected chi connectivity index (χ3v) is 4.83. The van der Waals surface area contributed by atoms with Crippen molar-refractivity contribution in [1.29, 1.82) is 0 Å². The molecular formula is C17H25NO3S. The van der Waals surface area contributed by atoms with Gasteiger partial charge in [-0.25, -0.2) is 4.79 Å². The molecule has 1 N–H and O–H groups in total. The smallest absolute Gasteiger partial charge is 0.410 e. The van der Waals surface area contributed by atoms with Crippen molar-refractivity contribution in [3.05, 3.63) is 24.3 Å². The fourth-order valence-electron chi connectivity index (χ4n) is 2.37. The molecule has 1 heterocycles. The molecule has 0 saturated carbocycles. The minimum atomic E-state index is -0.428. The summed E-state index contributed by atoms with van der Waals surface area (Å²) < 4.78 is 5.41. The standard InChI is InChI=1S/C17H25NO3S/c1-17(2,3)21-16(20)18-10-8-13(9-11-18)12-22-15-6-4-14(19)5-7-15/h4-7,13,19H,8-12H2,1-3H3. The fourth-order valence-corrected chi connectivity index (χ4v) is 3.46. The van der Waals surface area contributed by atoms with Crippen LogP contribution in [0.1, 0.15) is 33.6 Å². The van der Waals surface area contributed by atoms with E-state index >= 15 is 0 Å². The van der Waals surface area contributed by atoms with E-state index in [1.54, 1.807) is 12.1 Å². The van der Waals surface area contributed by atoms with Gasteiger partial charge in [-0.3, -0.25) is 0 Å². The molecule has 122 valence electrons. The van der Waals surface area contributed by atoms with Crippen molar-refractivity contribution in [2.75, 3.05) is 18.8 Å². The van der Waals surface area contributed by atoms with E-state index in [2.05, 4.69) is 0 Å². The van der Waals surface area contributed by atoms with Gasteiger partial charge in [-0.05, 0) is 63.8 Å². The Morgan fingerprint density at radius 3 is 2.41 bits per heavy atom. The van der Waals surface area contributed by atoms with Gasteiger partial charge in [-0.15, -0.1) is 11.8 Å². The summed E-state index contributed by atoms with van der Waals surface area (Å²) in [5.41, 5.74) is -0.428. The van der Waals surface area contributed by atoms with E-state index < -0.39 is 5.60 Å². The summed E-state index contributed by atoms with van der Waals surface area (Å²) in [6.45, 7) is 7.23. The Labute approximate surface area is 136 Å². The Morgan fingerprint density at radius 1 is 1.27 bits per heavy atom. The lowest BCUT2D eigenvalue weighted by molar-refractivity contribution is 0.0191. The van der Waals surface area contributed by atoms with Crippen molar-refractivity contribution in [3.63, 3.8) is 0 Å². The lowest BCUT2D eigenvalue weighted by Gasteiger charge is -2.33. The van der Waals surface area contributed by atoms with Gasteiger partial charge >= 0.3 is 6.09 Å². The second-order valence-corrected chi connectivity index (χ2v) is 7.81. The van der Waals surface area contributed by atoms with Gasteiger partial charge in [0.15, 0.2) is 0 Å². The number of hydrogen-bond acceptors (Lipinski definition) is 4. The molecule has 22 heavy (non-hydrogen) atoms. The molecule has 0 bridgehead atoms. The SMILES string of the molecule is CC(C)(C)OC(=O)N1CCC(CSc2ccc(O)cc2)CC1. The molecule has 0 aromatic heterocycles. The van der Waals surface area contributed by atoms with Crippen LogP contribution < -0.4 is 0 Å². The van der Waals surface area contributed by atoms with Crippen molar-refractivity contribution in [1.82, 2.24) is 4.90 Å². The lowest BCUT2D eigenvalue weighted by atomic mass is 9.99. The summed E-state index contributed by atoms with van der Waals surface area (Å²) in [7, 11) is 0. The molecule has 1 fully saturated rings. The number of phenolic OH excluding ortho intramolecular Hbond substituents is 1. The zero-order valence-electron chi connectivity index (χ0n) is 13.5. The maximum atomic E-state index is 12.0. The molecule has 1 aromatic carbocycles. The van der Waals surface area contributed by atoms with Crippen LogP contribution in [0.5, 0.6) is 5.75 Å². The van der Waals surface area contributed by atoms with E-state index in [1.165, 1.54) is 4.90 Å². The van der Waals surface area contributed by atoms with Gasteiger partial charge in [-0.2, -0.15) is 0 Å². The van der Waals surface area contributed by atoms with Crippen LogP contribution in [0.2, 0.25) is 0 Å². The maximum absolute atomic E-state index is 12.0. The number of thioether (sulfide) groups is 1. The molecule has 1 saturated heterocycles. The van der Waals surface area contributed by atoms with Crippen LogP contribution in [0, 0.1) is 5.92 Å². The van der Waals surface area contributed by atoms with E-state index in [1.807, 2.05) is 49.6 Å². The molecule has 0 radical (unpaired) electrons. The molecule has 1 amide bonds. The molecule has 5 heteroatoms. The van der Waals surface area contributed by atoms with Crippen molar-refractivity contribution < 1.29 is 14.6 Å². The third kappa shape index (κ3) is 5.44. The number of ether oxygens (including phenoxy) is 1. The van der Waals surface area contributed by atoms with Crippen LogP contribution in [0.4, 0.5) is 4.79 Å². The predicted octanol–water partition coefficient (Wildman–Crippen LogP) is 4.13. The molecule has 0 unspecified atom stereocenters. The van der Waals surface area contributed by atoms with E-state index in [0.717, 1.165) is 31.7 Å². The quantitative estimate of drug-likeness (QED) is 0.850. The van der Waals surface area contributed by atoms with Gasteiger partial charge < -0.3 is 14.7 Å². The normalized spacial score (nSPS) is 16.6. The topological polar surface area (TPSA) is 49.8 Å². The highest BCUT2D eigenvalue weighted by molar-refractivity contribution is 7.99. The molecular weight excluding hydrogens is 298 g/mol. The van der Waals surface area contributed by atoms with Gasteiger partial charge in [0.1, 0.15) is 11.4 Å². The van der Waals surface area contributed by atoms with Crippen molar-refractivity contribution in [2.45, 2.75) is 44.1 Å². The zero-order chi connectivity index (χ0) is 16.2. The van der Waals surface area contributed by atoms with Gasteiger partial charge in [0.2, 0.25) is 0 Å². The van der Waals surface area contributed by atoms with Crippen LogP contribution in [-0.2, 0) is 4.74 Å². The number of amides is 1. The summed E-state index contributed by atoms with van der Waals surface area (Å²) in [6, 6.07) is 7.31. The number of piperidine rings is 1. The first-order valence-electron chi connectivity index (χ1n) is 7.73. The van der Waals surface area contributed by atoms with E-state index in [-0.39, 0.29) is 6.09 Å². The minimum Gasteiger partial charge on any atom is -0.508 e. The number of aromatic hydroxyl groups is 1. The number of carbonyl (C=O) groups excluding carboxylic acids is 1. The summed E-state index contributed by atoms with van der Waals surface area (Å²) in [5.74, 6) is 1.97. The Balaban J connectivity index is 1.73. The first-order valence-corrected chi connectivity index (χ1v) is 8.72. The van der Waals surface area contributed by atoms with E-state index in [0.29, 0.717) is 11.7 Å². The van der Waals surface area contributed by atoms with Gasteiger partial charge in [-0.1, -0.05) is 0 Å². The van der Waals surface area contributed by atoms with Crippen LogP contribution in [0.3, 0.4) is 0 Å². The van der Waals surface area contributed by atoms with Crippen molar-refractivity contribution in [3.8, 4) is 5.75 Å². The van der Waals surface area contributed by atoms with Gasteiger partial charge in [0.25, 0.3) is 0 Å². The molecule has 1 aliphatic heterocycles. The number of rotatable bonds is 3. The number of nitrogens with zero attached hydrogens (tertiary/aromatic N) is 1.